The summed E-state index contributed by atoms with van der Waals surface area (Å²) in [7, 11) is 0. The summed E-state index contributed by atoms with van der Waals surface area (Å²) in [6.45, 7) is 1.02. The van der Waals surface area contributed by atoms with E-state index in [-0.39, 0.29) is 25.0 Å². The van der Waals surface area contributed by atoms with Gasteiger partial charge in [0.15, 0.2) is 0 Å². The monoisotopic (exact) mass is 338 g/mol. The second kappa shape index (κ2) is 15.9. The molecule has 0 aliphatic carbocycles. The molecule has 0 atom stereocenters. The van der Waals surface area contributed by atoms with Crippen LogP contribution in [0.25, 0.3) is 0 Å². The number of ether oxygens (including phenoxy) is 1. The third-order valence-corrected chi connectivity index (χ3v) is 3.54. The minimum absolute atomic E-state index is 0.0944. The number of hydrogen-bond acceptors (Lipinski definition) is 7. The van der Waals surface area contributed by atoms with Gasteiger partial charge in [0.1, 0.15) is 13.2 Å². The lowest BCUT2D eigenvalue weighted by molar-refractivity contribution is -0.130. The molecule has 21 heavy (non-hydrogen) atoms. The van der Waals surface area contributed by atoms with Crippen LogP contribution >= 0.6 is 23.9 Å². The van der Waals surface area contributed by atoms with E-state index in [2.05, 4.69) is 10.6 Å². The molecule has 0 bridgehead atoms. The Bertz CT molecular complexity index is 257. The zero-order chi connectivity index (χ0) is 15.8. The smallest absolute Gasteiger partial charge is 0.246 e. The quantitative estimate of drug-likeness (QED) is 0.260. The average molecular weight is 338 g/mol. The van der Waals surface area contributed by atoms with E-state index in [1.54, 1.807) is 0 Å². The van der Waals surface area contributed by atoms with Gasteiger partial charge in [0.25, 0.3) is 0 Å². The summed E-state index contributed by atoms with van der Waals surface area (Å²) < 4.78 is 5.04. The van der Waals surface area contributed by atoms with Gasteiger partial charge >= 0.3 is 0 Å². The Hall–Kier alpha value is -0.480. The molecule has 2 amide bonds. The molecule has 0 heterocycles. The number of unbranched alkanes of at least 4 members (excludes halogenated alkanes) is 2. The molecule has 6 N–H and O–H groups in total. The Morgan fingerprint density at radius 2 is 1.24 bits per heavy atom. The number of carbonyl (C=O) groups is 2. The van der Waals surface area contributed by atoms with Crippen molar-refractivity contribution in [2.75, 3.05) is 37.8 Å². The first-order valence-electron chi connectivity index (χ1n) is 6.95. The number of rotatable bonds is 14. The SMILES string of the molecule is NSCCCCNC(=O)COCC(=O)NCCCCSN. The largest absolute Gasteiger partial charge is 0.362 e. The summed E-state index contributed by atoms with van der Waals surface area (Å²) in [5.74, 6) is 1.36. The van der Waals surface area contributed by atoms with Crippen molar-refractivity contribution in [3.8, 4) is 0 Å². The molecule has 0 radical (unpaired) electrons. The maximum atomic E-state index is 11.4. The van der Waals surface area contributed by atoms with Crippen molar-refractivity contribution in [1.29, 1.82) is 0 Å². The molecule has 0 aromatic rings. The van der Waals surface area contributed by atoms with E-state index < -0.39 is 0 Å². The highest BCUT2D eigenvalue weighted by Gasteiger charge is 2.04. The fourth-order valence-electron chi connectivity index (χ4n) is 1.41. The highest BCUT2D eigenvalue weighted by Crippen LogP contribution is 1.95. The van der Waals surface area contributed by atoms with Crippen molar-refractivity contribution in [3.05, 3.63) is 0 Å². The van der Waals surface area contributed by atoms with Crippen LogP contribution in [0, 0.1) is 0 Å². The number of nitrogens with one attached hydrogen (secondary N) is 2. The summed E-state index contributed by atoms with van der Waals surface area (Å²) in [6.07, 6.45) is 3.70. The molecule has 0 aliphatic rings. The van der Waals surface area contributed by atoms with E-state index in [0.29, 0.717) is 13.1 Å². The second-order valence-corrected chi connectivity index (χ2v) is 5.83. The Labute approximate surface area is 134 Å². The third kappa shape index (κ3) is 15.7. The van der Waals surface area contributed by atoms with E-state index in [1.807, 2.05) is 0 Å². The van der Waals surface area contributed by atoms with Crippen LogP contribution < -0.4 is 20.9 Å². The normalized spacial score (nSPS) is 10.4. The van der Waals surface area contributed by atoms with Crippen molar-refractivity contribution < 1.29 is 14.3 Å². The summed E-state index contributed by atoms with van der Waals surface area (Å²) in [6, 6.07) is 0. The topological polar surface area (TPSA) is 119 Å². The first-order chi connectivity index (χ1) is 10.2. The van der Waals surface area contributed by atoms with Gasteiger partial charge in [-0.25, -0.2) is 0 Å². The van der Waals surface area contributed by atoms with E-state index in [1.165, 1.54) is 23.9 Å². The van der Waals surface area contributed by atoms with E-state index in [4.69, 9.17) is 15.0 Å². The minimum atomic E-state index is -0.205. The number of carbonyl (C=O) groups excluding carboxylic acids is 2. The maximum Gasteiger partial charge on any atom is 0.246 e. The maximum absolute atomic E-state index is 11.4. The minimum Gasteiger partial charge on any atom is -0.362 e. The van der Waals surface area contributed by atoms with E-state index in [0.717, 1.165) is 37.2 Å². The van der Waals surface area contributed by atoms with Crippen molar-refractivity contribution in [2.24, 2.45) is 10.3 Å². The zero-order valence-corrected chi connectivity index (χ0v) is 13.9. The molecule has 0 aromatic carbocycles. The molecule has 0 rings (SSSR count). The molecule has 9 heteroatoms. The van der Waals surface area contributed by atoms with Gasteiger partial charge in [-0.1, -0.05) is 23.9 Å². The first kappa shape index (κ1) is 20.5. The number of hydrogen-bond donors (Lipinski definition) is 4. The van der Waals surface area contributed by atoms with Crippen LogP contribution in [0.2, 0.25) is 0 Å². The van der Waals surface area contributed by atoms with Crippen molar-refractivity contribution in [3.63, 3.8) is 0 Å². The summed E-state index contributed by atoms with van der Waals surface area (Å²) >= 11 is 2.60. The van der Waals surface area contributed by atoms with Crippen molar-refractivity contribution in [1.82, 2.24) is 10.6 Å². The molecule has 0 saturated heterocycles. The third-order valence-electron chi connectivity index (χ3n) is 2.49. The van der Waals surface area contributed by atoms with Gasteiger partial charge < -0.3 is 15.4 Å². The van der Waals surface area contributed by atoms with Crippen LogP contribution in [0.5, 0.6) is 0 Å². The lowest BCUT2D eigenvalue weighted by Crippen LogP contribution is -2.32. The number of nitrogens with two attached hydrogens (primary N) is 2. The molecule has 0 saturated carbocycles. The van der Waals surface area contributed by atoms with Gasteiger partial charge in [0, 0.05) is 24.6 Å². The molecular weight excluding hydrogens is 312 g/mol. The number of amides is 2. The van der Waals surface area contributed by atoms with E-state index in [9.17, 15) is 9.59 Å². The van der Waals surface area contributed by atoms with Gasteiger partial charge in [-0.3, -0.25) is 19.9 Å². The second-order valence-electron chi connectivity index (χ2n) is 4.35. The fourth-order valence-corrected chi connectivity index (χ4v) is 2.16. The van der Waals surface area contributed by atoms with Gasteiger partial charge in [-0.15, -0.1) is 0 Å². The Morgan fingerprint density at radius 3 is 1.62 bits per heavy atom. The van der Waals surface area contributed by atoms with Gasteiger partial charge in [0.2, 0.25) is 11.8 Å². The van der Waals surface area contributed by atoms with Crippen LogP contribution in [0.15, 0.2) is 0 Å². The van der Waals surface area contributed by atoms with Crippen LogP contribution in [-0.2, 0) is 14.3 Å². The lowest BCUT2D eigenvalue weighted by Gasteiger charge is -2.07. The first-order valence-corrected chi connectivity index (χ1v) is 9.05. The summed E-state index contributed by atoms with van der Waals surface area (Å²) in [4.78, 5) is 22.8. The average Bonchev–Trinajstić information content (AvgIpc) is 2.47. The molecule has 0 unspecified atom stereocenters. The fraction of sp³-hybridized carbons (Fsp3) is 0.833. The Kier molecular flexibility index (Phi) is 15.5. The molecule has 0 fully saturated rings. The highest BCUT2D eigenvalue weighted by atomic mass is 32.2. The molecule has 0 spiro atoms. The van der Waals surface area contributed by atoms with Gasteiger partial charge in [-0.2, -0.15) is 0 Å². The lowest BCUT2D eigenvalue weighted by atomic mass is 10.3. The Balaban J connectivity index is 3.34. The summed E-state index contributed by atoms with van der Waals surface area (Å²) in [5, 5.41) is 16.0. The summed E-state index contributed by atoms with van der Waals surface area (Å²) in [5.41, 5.74) is 0. The van der Waals surface area contributed by atoms with Gasteiger partial charge in [-0.05, 0) is 25.7 Å². The van der Waals surface area contributed by atoms with E-state index >= 15 is 0 Å². The molecule has 7 nitrogen and oxygen atoms in total. The highest BCUT2D eigenvalue weighted by molar-refractivity contribution is 7.97. The van der Waals surface area contributed by atoms with Crippen molar-refractivity contribution >= 4 is 35.7 Å². The zero-order valence-electron chi connectivity index (χ0n) is 12.3. The van der Waals surface area contributed by atoms with Crippen LogP contribution in [-0.4, -0.2) is 49.6 Å². The molecular formula is C12H26N4O3S2. The predicted molar refractivity (Wildman–Crippen MR) is 88.6 cm³/mol. The predicted octanol–water partition coefficient (Wildman–Crippen LogP) is 0.00960. The van der Waals surface area contributed by atoms with Crippen molar-refractivity contribution in [2.45, 2.75) is 25.7 Å². The van der Waals surface area contributed by atoms with Crippen LogP contribution in [0.4, 0.5) is 0 Å². The standard InChI is InChI=1S/C12H26N4O3S2/c13-20-7-3-1-5-15-11(17)9-19-10-12(18)16-6-2-4-8-21-14/h1-10,13-14H2,(H,15,17)(H,16,18). The Morgan fingerprint density at radius 1 is 0.810 bits per heavy atom. The molecule has 0 aliphatic heterocycles. The molecule has 0 aromatic heterocycles. The van der Waals surface area contributed by atoms with Crippen LogP contribution in [0.1, 0.15) is 25.7 Å². The molecule has 124 valence electrons. The van der Waals surface area contributed by atoms with Crippen LogP contribution in [0.3, 0.4) is 0 Å². The van der Waals surface area contributed by atoms with Gasteiger partial charge in [0.05, 0.1) is 0 Å².